The molecule has 1 aliphatic rings. The van der Waals surface area contributed by atoms with Crippen molar-refractivity contribution in [3.63, 3.8) is 0 Å². The van der Waals surface area contributed by atoms with Crippen molar-refractivity contribution in [1.82, 2.24) is 14.8 Å². The molecule has 2 heterocycles. The predicted molar refractivity (Wildman–Crippen MR) is 96.8 cm³/mol. The highest BCUT2D eigenvalue weighted by Crippen LogP contribution is 2.08. The monoisotopic (exact) mass is 321 g/mol. The molecule has 0 aliphatic carbocycles. The van der Waals surface area contributed by atoms with E-state index in [9.17, 15) is 4.79 Å². The van der Waals surface area contributed by atoms with Crippen LogP contribution in [0.3, 0.4) is 0 Å². The minimum atomic E-state index is 0.0400. The fraction of sp³-hybridized carbons (Fsp3) is 0.300. The van der Waals surface area contributed by atoms with E-state index in [4.69, 9.17) is 0 Å². The molecule has 124 valence electrons. The summed E-state index contributed by atoms with van der Waals surface area (Å²) < 4.78 is 0. The molecule has 1 amide bonds. The van der Waals surface area contributed by atoms with E-state index in [1.807, 2.05) is 42.2 Å². The molecule has 1 aliphatic heterocycles. The fourth-order valence-electron chi connectivity index (χ4n) is 2.86. The number of aryl methyl sites for hydroxylation is 1. The molecule has 0 saturated carbocycles. The highest BCUT2D eigenvalue weighted by atomic mass is 16.2. The zero-order valence-electron chi connectivity index (χ0n) is 14.1. The molecule has 1 fully saturated rings. The second-order valence-corrected chi connectivity index (χ2v) is 6.07. The van der Waals surface area contributed by atoms with Crippen LogP contribution in [0.15, 0.2) is 54.6 Å². The number of carbonyl (C=O) groups excluding carboxylic acids is 1. The maximum absolute atomic E-state index is 12.5. The zero-order valence-corrected chi connectivity index (χ0v) is 14.1. The van der Waals surface area contributed by atoms with Gasteiger partial charge in [0, 0.05) is 38.4 Å². The second-order valence-electron chi connectivity index (χ2n) is 6.07. The number of hydrogen-bond donors (Lipinski definition) is 0. The van der Waals surface area contributed by atoms with Gasteiger partial charge in [-0.05, 0) is 24.6 Å². The number of benzene rings is 1. The molecule has 1 aromatic carbocycles. The van der Waals surface area contributed by atoms with Crippen LogP contribution in [0, 0.1) is 6.92 Å². The first-order valence-corrected chi connectivity index (χ1v) is 8.39. The number of piperazine rings is 1. The predicted octanol–water partition coefficient (Wildman–Crippen LogP) is 2.86. The minimum absolute atomic E-state index is 0.0400. The third-order valence-corrected chi connectivity index (χ3v) is 4.24. The van der Waals surface area contributed by atoms with E-state index in [2.05, 4.69) is 34.2 Å². The van der Waals surface area contributed by atoms with Crippen LogP contribution >= 0.6 is 0 Å². The minimum Gasteiger partial charge on any atom is -0.335 e. The Bertz CT molecular complexity index is 704. The molecule has 0 unspecified atom stereocenters. The van der Waals surface area contributed by atoms with E-state index in [1.165, 1.54) is 5.56 Å². The lowest BCUT2D eigenvalue weighted by molar-refractivity contribution is 0.0644. The summed E-state index contributed by atoms with van der Waals surface area (Å²) in [4.78, 5) is 21.1. The summed E-state index contributed by atoms with van der Waals surface area (Å²) in [5.74, 6) is 0.0400. The van der Waals surface area contributed by atoms with Crippen LogP contribution in [0.2, 0.25) is 0 Å². The Hall–Kier alpha value is -2.46. The molecular formula is C20H23N3O. The topological polar surface area (TPSA) is 36.4 Å². The van der Waals surface area contributed by atoms with Gasteiger partial charge in [0.2, 0.25) is 0 Å². The number of hydrogen-bond acceptors (Lipinski definition) is 3. The summed E-state index contributed by atoms with van der Waals surface area (Å²) in [6, 6.07) is 15.9. The molecule has 0 spiro atoms. The Morgan fingerprint density at radius 3 is 2.50 bits per heavy atom. The lowest BCUT2D eigenvalue weighted by Gasteiger charge is -2.34. The first-order valence-electron chi connectivity index (χ1n) is 8.39. The van der Waals surface area contributed by atoms with Crippen molar-refractivity contribution in [3.8, 4) is 0 Å². The molecule has 4 nitrogen and oxygen atoms in total. The third-order valence-electron chi connectivity index (χ3n) is 4.24. The van der Waals surface area contributed by atoms with Crippen LogP contribution in [0.25, 0.3) is 6.08 Å². The molecule has 1 aromatic heterocycles. The van der Waals surface area contributed by atoms with Crippen molar-refractivity contribution < 1.29 is 4.79 Å². The fourth-order valence-corrected chi connectivity index (χ4v) is 2.86. The van der Waals surface area contributed by atoms with Crippen LogP contribution in [-0.2, 0) is 0 Å². The van der Waals surface area contributed by atoms with Gasteiger partial charge >= 0.3 is 0 Å². The van der Waals surface area contributed by atoms with Gasteiger partial charge in [0.05, 0.1) is 0 Å². The maximum atomic E-state index is 12.5. The normalized spacial score (nSPS) is 15.8. The van der Waals surface area contributed by atoms with E-state index in [1.54, 1.807) is 6.07 Å². The Morgan fingerprint density at radius 1 is 1.04 bits per heavy atom. The summed E-state index contributed by atoms with van der Waals surface area (Å²) in [5.41, 5.74) is 2.65. The maximum Gasteiger partial charge on any atom is 0.272 e. The molecule has 0 bridgehead atoms. The Labute approximate surface area is 143 Å². The van der Waals surface area contributed by atoms with Crippen molar-refractivity contribution in [2.45, 2.75) is 6.92 Å². The van der Waals surface area contributed by atoms with Crippen molar-refractivity contribution >= 4 is 12.0 Å². The third kappa shape index (κ3) is 4.30. The number of amides is 1. The van der Waals surface area contributed by atoms with Gasteiger partial charge in [-0.3, -0.25) is 9.69 Å². The van der Waals surface area contributed by atoms with E-state index < -0.39 is 0 Å². The summed E-state index contributed by atoms with van der Waals surface area (Å²) in [6.45, 7) is 6.14. The largest absolute Gasteiger partial charge is 0.335 e. The van der Waals surface area contributed by atoms with Crippen LogP contribution < -0.4 is 0 Å². The quantitative estimate of drug-likeness (QED) is 0.869. The highest BCUT2D eigenvalue weighted by molar-refractivity contribution is 5.92. The second kappa shape index (κ2) is 7.88. The molecule has 3 rings (SSSR count). The molecular weight excluding hydrogens is 298 g/mol. The van der Waals surface area contributed by atoms with Crippen molar-refractivity contribution in [2.24, 2.45) is 0 Å². The number of nitrogens with zero attached hydrogens (tertiary/aromatic N) is 3. The van der Waals surface area contributed by atoms with E-state index in [0.717, 1.165) is 38.4 Å². The van der Waals surface area contributed by atoms with Crippen LogP contribution in [0.4, 0.5) is 0 Å². The van der Waals surface area contributed by atoms with Gasteiger partial charge in [-0.1, -0.05) is 48.6 Å². The lowest BCUT2D eigenvalue weighted by Crippen LogP contribution is -2.48. The summed E-state index contributed by atoms with van der Waals surface area (Å²) in [7, 11) is 0. The first-order chi connectivity index (χ1) is 11.7. The molecule has 0 radical (unpaired) electrons. The molecule has 0 atom stereocenters. The zero-order chi connectivity index (χ0) is 16.8. The lowest BCUT2D eigenvalue weighted by atomic mass is 10.2. The van der Waals surface area contributed by atoms with Gasteiger partial charge in [0.25, 0.3) is 5.91 Å². The Balaban J connectivity index is 1.49. The van der Waals surface area contributed by atoms with Gasteiger partial charge in [-0.2, -0.15) is 0 Å². The van der Waals surface area contributed by atoms with Crippen LogP contribution in [0.1, 0.15) is 21.7 Å². The summed E-state index contributed by atoms with van der Waals surface area (Å²) >= 11 is 0. The van der Waals surface area contributed by atoms with Crippen LogP contribution in [-0.4, -0.2) is 53.4 Å². The van der Waals surface area contributed by atoms with E-state index in [-0.39, 0.29) is 5.91 Å². The molecule has 24 heavy (non-hydrogen) atoms. The first kappa shape index (κ1) is 16.4. The molecule has 0 N–H and O–H groups in total. The highest BCUT2D eigenvalue weighted by Gasteiger charge is 2.22. The Kier molecular flexibility index (Phi) is 5.39. The van der Waals surface area contributed by atoms with Crippen molar-refractivity contribution in [1.29, 1.82) is 0 Å². The molecule has 2 aromatic rings. The van der Waals surface area contributed by atoms with Crippen molar-refractivity contribution in [2.75, 3.05) is 32.7 Å². The standard InChI is InChI=1S/C20H23N3O/c1-17-7-5-11-19(21-17)20(24)23-15-13-22(14-16-23)12-6-10-18-8-3-2-4-9-18/h2-11H,12-16H2,1H3/b10-6+. The van der Waals surface area contributed by atoms with Gasteiger partial charge in [0.1, 0.15) is 5.69 Å². The number of carbonyl (C=O) groups is 1. The Morgan fingerprint density at radius 2 is 1.79 bits per heavy atom. The SMILES string of the molecule is Cc1cccc(C(=O)N2CCN(C/C=C/c3ccccc3)CC2)n1. The average Bonchev–Trinajstić information content (AvgIpc) is 2.63. The molecule has 4 heteroatoms. The summed E-state index contributed by atoms with van der Waals surface area (Å²) in [6.07, 6.45) is 4.34. The smallest absolute Gasteiger partial charge is 0.272 e. The number of rotatable bonds is 4. The summed E-state index contributed by atoms with van der Waals surface area (Å²) in [5, 5.41) is 0. The number of pyridine rings is 1. The van der Waals surface area contributed by atoms with Crippen molar-refractivity contribution in [3.05, 3.63) is 71.6 Å². The average molecular weight is 321 g/mol. The number of aromatic nitrogens is 1. The van der Waals surface area contributed by atoms with E-state index >= 15 is 0 Å². The van der Waals surface area contributed by atoms with Crippen LogP contribution in [0.5, 0.6) is 0 Å². The van der Waals surface area contributed by atoms with E-state index in [0.29, 0.717) is 5.69 Å². The molecule has 1 saturated heterocycles. The van der Waals surface area contributed by atoms with Gasteiger partial charge in [0.15, 0.2) is 0 Å². The van der Waals surface area contributed by atoms with Gasteiger partial charge in [-0.15, -0.1) is 0 Å². The van der Waals surface area contributed by atoms with Gasteiger partial charge in [-0.25, -0.2) is 4.98 Å². The van der Waals surface area contributed by atoms with Gasteiger partial charge < -0.3 is 4.90 Å².